The molecule has 0 aliphatic carbocycles. The van der Waals surface area contributed by atoms with Crippen LogP contribution in [0.5, 0.6) is 0 Å². The summed E-state index contributed by atoms with van der Waals surface area (Å²) in [4.78, 5) is 42.0. The van der Waals surface area contributed by atoms with Crippen LogP contribution in [-0.2, 0) is 14.3 Å². The zero-order chi connectivity index (χ0) is 23.8. The molecule has 0 saturated carbocycles. The number of benzene rings is 2. The lowest BCUT2D eigenvalue weighted by Crippen LogP contribution is -2.28. The summed E-state index contributed by atoms with van der Waals surface area (Å²) >= 11 is 1.22. The predicted molar refractivity (Wildman–Crippen MR) is 131 cm³/mol. The van der Waals surface area contributed by atoms with Crippen LogP contribution in [0.15, 0.2) is 58.5 Å². The maximum absolute atomic E-state index is 13.5. The van der Waals surface area contributed by atoms with E-state index >= 15 is 0 Å². The summed E-state index contributed by atoms with van der Waals surface area (Å²) in [5.74, 6) is -0.141. The number of hydrogen-bond donors (Lipinski definition) is 1. The minimum atomic E-state index is -0.269. The molecule has 3 rings (SSSR count). The highest BCUT2D eigenvalue weighted by atomic mass is 32.2. The highest BCUT2D eigenvalue weighted by Gasteiger charge is 2.18. The third-order valence-electron chi connectivity index (χ3n) is 5.06. The molecule has 8 heteroatoms. The SMILES string of the molecule is CCOC(=O)CCCNC(=O)CSc1nc2ccccc2c(=O)n1-c1ccccc1C(C)C. The van der Waals surface area contributed by atoms with E-state index in [0.717, 1.165) is 11.3 Å². The van der Waals surface area contributed by atoms with E-state index < -0.39 is 0 Å². The summed E-state index contributed by atoms with van der Waals surface area (Å²) < 4.78 is 6.49. The monoisotopic (exact) mass is 467 g/mol. The number of esters is 1. The van der Waals surface area contributed by atoms with Crippen molar-refractivity contribution in [2.45, 2.75) is 44.7 Å². The molecular weight excluding hydrogens is 438 g/mol. The van der Waals surface area contributed by atoms with Crippen molar-refractivity contribution in [3.63, 3.8) is 0 Å². The number of thioether (sulfide) groups is 1. The van der Waals surface area contributed by atoms with E-state index in [1.807, 2.05) is 36.4 Å². The van der Waals surface area contributed by atoms with Crippen LogP contribution in [0.4, 0.5) is 0 Å². The van der Waals surface area contributed by atoms with Crippen molar-refractivity contribution in [2.75, 3.05) is 18.9 Å². The third-order valence-corrected chi connectivity index (χ3v) is 6.00. The Kier molecular flexibility index (Phi) is 8.65. The van der Waals surface area contributed by atoms with Crippen LogP contribution < -0.4 is 10.9 Å². The number of ether oxygens (including phenoxy) is 1. The molecule has 0 aliphatic rings. The Labute approximate surface area is 197 Å². The topological polar surface area (TPSA) is 90.3 Å². The molecule has 0 aliphatic heterocycles. The van der Waals surface area contributed by atoms with Crippen LogP contribution in [0, 0.1) is 0 Å². The van der Waals surface area contributed by atoms with Gasteiger partial charge in [-0.05, 0) is 43.0 Å². The van der Waals surface area contributed by atoms with Gasteiger partial charge < -0.3 is 10.1 Å². The Morgan fingerprint density at radius 3 is 2.61 bits per heavy atom. The van der Waals surface area contributed by atoms with Gasteiger partial charge in [-0.25, -0.2) is 4.98 Å². The van der Waals surface area contributed by atoms with Crippen molar-refractivity contribution in [2.24, 2.45) is 0 Å². The summed E-state index contributed by atoms with van der Waals surface area (Å²) in [5, 5.41) is 3.81. The first-order valence-electron chi connectivity index (χ1n) is 11.1. The third kappa shape index (κ3) is 6.22. The number of rotatable bonds is 10. The normalized spacial score (nSPS) is 11.0. The van der Waals surface area contributed by atoms with Crippen LogP contribution in [0.3, 0.4) is 0 Å². The molecule has 0 unspecified atom stereocenters. The van der Waals surface area contributed by atoms with Gasteiger partial charge in [0.2, 0.25) is 5.91 Å². The number of nitrogens with one attached hydrogen (secondary N) is 1. The van der Waals surface area contributed by atoms with Crippen LogP contribution >= 0.6 is 11.8 Å². The largest absolute Gasteiger partial charge is 0.466 e. The number of nitrogens with zero attached hydrogens (tertiary/aromatic N) is 2. The molecule has 1 aromatic heterocycles. The predicted octanol–water partition coefficient (Wildman–Crippen LogP) is 4.06. The average Bonchev–Trinajstić information content (AvgIpc) is 2.81. The summed E-state index contributed by atoms with van der Waals surface area (Å²) in [7, 11) is 0. The van der Waals surface area contributed by atoms with Crippen molar-refractivity contribution in [1.29, 1.82) is 0 Å². The van der Waals surface area contributed by atoms with Gasteiger partial charge in [-0.2, -0.15) is 0 Å². The molecule has 3 aromatic rings. The van der Waals surface area contributed by atoms with Crippen LogP contribution in [0.2, 0.25) is 0 Å². The number of fused-ring (bicyclic) bond motifs is 1. The molecule has 0 spiro atoms. The second-order valence-corrected chi connectivity index (χ2v) is 8.76. The van der Waals surface area contributed by atoms with Crippen molar-refractivity contribution in [3.05, 3.63) is 64.4 Å². The van der Waals surface area contributed by atoms with Crippen molar-refractivity contribution in [1.82, 2.24) is 14.9 Å². The molecule has 1 N–H and O–H groups in total. The number of amides is 1. The lowest BCUT2D eigenvalue weighted by atomic mass is 10.0. The second-order valence-electron chi connectivity index (χ2n) is 7.81. The molecular formula is C25H29N3O4S. The Morgan fingerprint density at radius 1 is 1.12 bits per heavy atom. The van der Waals surface area contributed by atoms with Crippen molar-refractivity contribution in [3.8, 4) is 5.69 Å². The number of hydrogen-bond acceptors (Lipinski definition) is 6. The molecule has 0 fully saturated rings. The molecule has 174 valence electrons. The van der Waals surface area contributed by atoms with Gasteiger partial charge in [0.1, 0.15) is 0 Å². The van der Waals surface area contributed by atoms with Crippen LogP contribution in [0.25, 0.3) is 16.6 Å². The smallest absolute Gasteiger partial charge is 0.305 e. The fraction of sp³-hybridized carbons (Fsp3) is 0.360. The zero-order valence-corrected chi connectivity index (χ0v) is 20.0. The van der Waals surface area contributed by atoms with Gasteiger partial charge in [-0.1, -0.05) is 55.9 Å². The van der Waals surface area contributed by atoms with E-state index in [-0.39, 0.29) is 35.5 Å². The van der Waals surface area contributed by atoms with E-state index in [1.165, 1.54) is 11.8 Å². The lowest BCUT2D eigenvalue weighted by Gasteiger charge is -2.18. The van der Waals surface area contributed by atoms with Gasteiger partial charge in [0.15, 0.2) is 5.16 Å². The van der Waals surface area contributed by atoms with Gasteiger partial charge in [-0.15, -0.1) is 0 Å². The fourth-order valence-corrected chi connectivity index (χ4v) is 4.31. The van der Waals surface area contributed by atoms with E-state index in [1.54, 1.807) is 23.6 Å². The quantitative estimate of drug-likeness (QED) is 0.209. The van der Waals surface area contributed by atoms with E-state index in [9.17, 15) is 14.4 Å². The highest BCUT2D eigenvalue weighted by Crippen LogP contribution is 2.27. The zero-order valence-electron chi connectivity index (χ0n) is 19.2. The van der Waals surface area contributed by atoms with Crippen LogP contribution in [-0.4, -0.2) is 40.3 Å². The summed E-state index contributed by atoms with van der Waals surface area (Å²) in [6, 6.07) is 15.0. The number of carbonyl (C=O) groups excluding carboxylic acids is 2. The molecule has 0 atom stereocenters. The van der Waals surface area contributed by atoms with Gasteiger partial charge in [0.25, 0.3) is 5.56 Å². The first-order valence-corrected chi connectivity index (χ1v) is 12.1. The minimum absolute atomic E-state index is 0.105. The van der Waals surface area contributed by atoms with Gasteiger partial charge in [-0.3, -0.25) is 19.0 Å². The van der Waals surface area contributed by atoms with Crippen molar-refractivity contribution < 1.29 is 14.3 Å². The minimum Gasteiger partial charge on any atom is -0.466 e. The number of aromatic nitrogens is 2. The highest BCUT2D eigenvalue weighted by molar-refractivity contribution is 7.99. The molecule has 1 heterocycles. The van der Waals surface area contributed by atoms with E-state index in [4.69, 9.17) is 9.72 Å². The molecule has 7 nitrogen and oxygen atoms in total. The van der Waals surface area contributed by atoms with E-state index in [2.05, 4.69) is 19.2 Å². The summed E-state index contributed by atoms with van der Waals surface area (Å²) in [6.07, 6.45) is 0.773. The number of carbonyl (C=O) groups is 2. The Balaban J connectivity index is 1.83. The molecule has 0 saturated heterocycles. The second kappa shape index (κ2) is 11.7. The molecule has 33 heavy (non-hydrogen) atoms. The van der Waals surface area contributed by atoms with Crippen LogP contribution in [0.1, 0.15) is 45.1 Å². The van der Waals surface area contributed by atoms with Gasteiger partial charge in [0, 0.05) is 13.0 Å². The Morgan fingerprint density at radius 2 is 1.85 bits per heavy atom. The summed E-state index contributed by atoms with van der Waals surface area (Å²) in [6.45, 7) is 6.65. The molecule has 0 radical (unpaired) electrons. The molecule has 1 amide bonds. The molecule has 0 bridgehead atoms. The maximum atomic E-state index is 13.5. The number of para-hydroxylation sites is 2. The summed E-state index contributed by atoms with van der Waals surface area (Å²) in [5.41, 5.74) is 2.24. The van der Waals surface area contributed by atoms with Gasteiger partial charge >= 0.3 is 5.97 Å². The lowest BCUT2D eigenvalue weighted by molar-refractivity contribution is -0.143. The van der Waals surface area contributed by atoms with E-state index in [0.29, 0.717) is 35.6 Å². The average molecular weight is 468 g/mol. The first-order chi connectivity index (χ1) is 15.9. The van der Waals surface area contributed by atoms with Gasteiger partial charge in [0.05, 0.1) is 29.0 Å². The standard InChI is InChI=1S/C25H29N3O4S/c1-4-32-23(30)14-9-15-26-22(29)16-33-25-27-20-12-7-5-11-19(20)24(31)28(25)21-13-8-6-10-18(21)17(2)3/h5-8,10-13,17H,4,9,14-16H2,1-3H3,(H,26,29). The fourth-order valence-electron chi connectivity index (χ4n) is 3.48. The molecule has 2 aromatic carbocycles. The first kappa shape index (κ1) is 24.5. The van der Waals surface area contributed by atoms with Crippen molar-refractivity contribution >= 4 is 34.5 Å². The Hall–Kier alpha value is -3.13. The Bertz CT molecular complexity index is 1190. The maximum Gasteiger partial charge on any atom is 0.305 e.